The Morgan fingerprint density at radius 3 is 2.68 bits per heavy atom. The molecule has 0 amide bonds. The molecule has 22 heavy (non-hydrogen) atoms. The number of Topliss-reactive ketones (excluding diaryl/α,β-unsaturated/α-hetero) is 1. The second-order valence-corrected chi connectivity index (χ2v) is 8.57. The summed E-state index contributed by atoms with van der Waals surface area (Å²) in [5.41, 5.74) is 3.51. The number of allylic oxidation sites excluding steroid dienone is 3. The van der Waals surface area contributed by atoms with Gasteiger partial charge in [-0.2, -0.15) is 0 Å². The van der Waals surface area contributed by atoms with Gasteiger partial charge in [-0.1, -0.05) is 30.2 Å². The molecule has 0 aromatic carbocycles. The van der Waals surface area contributed by atoms with E-state index < -0.39 is 0 Å². The minimum absolute atomic E-state index is 0.198. The number of carbonyl (C=O) groups excluding carboxylic acids is 1. The third-order valence-electron chi connectivity index (χ3n) is 7.61. The predicted octanol–water partition coefficient (Wildman–Crippen LogP) is 5.64. The Hall–Kier alpha value is -0.560. The Kier molecular flexibility index (Phi) is 3.56. The van der Waals surface area contributed by atoms with Crippen molar-refractivity contribution in [1.82, 2.24) is 0 Å². The van der Waals surface area contributed by atoms with Crippen LogP contribution in [-0.4, -0.2) is 5.78 Å². The van der Waals surface area contributed by atoms with Gasteiger partial charge >= 0.3 is 0 Å². The standard InChI is InChI=1S/C20H27ClO/c1-3-12-4-8-17-15-5-6-16-13(7-9-18(22)19(16)21)14(15)10-11-20(12,17)2/h3,13-15,17H,4-11H2,1-2H3/b12-3+/t13-,14-,15-,17+,20-/m1/s1. The first-order valence-electron chi connectivity index (χ1n) is 9.13. The molecule has 1 nitrogen and oxygen atoms in total. The molecule has 0 aliphatic heterocycles. The number of hydrogen-bond acceptors (Lipinski definition) is 1. The number of halogens is 1. The third kappa shape index (κ3) is 1.94. The maximum Gasteiger partial charge on any atom is 0.174 e. The number of rotatable bonds is 0. The van der Waals surface area contributed by atoms with E-state index in [-0.39, 0.29) is 5.78 Å². The van der Waals surface area contributed by atoms with Gasteiger partial charge in [0.15, 0.2) is 5.78 Å². The van der Waals surface area contributed by atoms with Gasteiger partial charge in [-0.05, 0) is 86.5 Å². The highest BCUT2D eigenvalue weighted by Gasteiger charge is 2.54. The van der Waals surface area contributed by atoms with Gasteiger partial charge in [-0.3, -0.25) is 4.79 Å². The van der Waals surface area contributed by atoms with Gasteiger partial charge in [-0.25, -0.2) is 0 Å². The molecule has 4 aliphatic carbocycles. The molecule has 0 unspecified atom stereocenters. The summed E-state index contributed by atoms with van der Waals surface area (Å²) in [5, 5.41) is 0.614. The quantitative estimate of drug-likeness (QED) is 0.528. The fourth-order valence-corrected chi connectivity index (χ4v) is 6.89. The largest absolute Gasteiger partial charge is 0.293 e. The summed E-state index contributed by atoms with van der Waals surface area (Å²) in [7, 11) is 0. The van der Waals surface area contributed by atoms with Crippen molar-refractivity contribution in [1.29, 1.82) is 0 Å². The number of carbonyl (C=O) groups is 1. The maximum atomic E-state index is 11.9. The smallest absolute Gasteiger partial charge is 0.174 e. The average molecular weight is 319 g/mol. The Morgan fingerprint density at radius 1 is 1.09 bits per heavy atom. The van der Waals surface area contributed by atoms with E-state index >= 15 is 0 Å². The number of hydrogen-bond donors (Lipinski definition) is 0. The Morgan fingerprint density at radius 2 is 1.91 bits per heavy atom. The van der Waals surface area contributed by atoms with E-state index in [0.29, 0.717) is 22.8 Å². The average Bonchev–Trinajstić information content (AvgIpc) is 2.87. The van der Waals surface area contributed by atoms with Gasteiger partial charge in [0.2, 0.25) is 0 Å². The van der Waals surface area contributed by atoms with Crippen LogP contribution in [0.5, 0.6) is 0 Å². The van der Waals surface area contributed by atoms with Crippen molar-refractivity contribution < 1.29 is 4.79 Å². The molecular formula is C20H27ClO. The lowest BCUT2D eigenvalue weighted by molar-refractivity contribution is -0.116. The van der Waals surface area contributed by atoms with Crippen LogP contribution in [0.2, 0.25) is 0 Å². The molecule has 0 heterocycles. The number of ketones is 1. The van der Waals surface area contributed by atoms with Crippen molar-refractivity contribution in [2.75, 3.05) is 0 Å². The van der Waals surface area contributed by atoms with Crippen LogP contribution in [0.4, 0.5) is 0 Å². The fourth-order valence-electron chi connectivity index (χ4n) is 6.56. The van der Waals surface area contributed by atoms with Crippen molar-refractivity contribution in [3.05, 3.63) is 22.3 Å². The normalized spacial score (nSPS) is 46.5. The van der Waals surface area contributed by atoms with Crippen LogP contribution >= 0.6 is 11.6 Å². The van der Waals surface area contributed by atoms with Crippen LogP contribution < -0.4 is 0 Å². The molecule has 0 saturated heterocycles. The lowest BCUT2D eigenvalue weighted by Gasteiger charge is -2.53. The summed E-state index contributed by atoms with van der Waals surface area (Å²) in [6.07, 6.45) is 11.8. The highest BCUT2D eigenvalue weighted by Crippen LogP contribution is 2.63. The van der Waals surface area contributed by atoms with Gasteiger partial charge in [0.05, 0.1) is 5.03 Å². The molecule has 0 aromatic rings. The highest BCUT2D eigenvalue weighted by molar-refractivity contribution is 6.43. The zero-order valence-electron chi connectivity index (χ0n) is 13.8. The van der Waals surface area contributed by atoms with E-state index in [9.17, 15) is 4.79 Å². The molecule has 3 fully saturated rings. The molecule has 120 valence electrons. The molecular weight excluding hydrogens is 292 g/mol. The summed E-state index contributed by atoms with van der Waals surface area (Å²) in [5.74, 6) is 3.34. The molecule has 5 atom stereocenters. The van der Waals surface area contributed by atoms with E-state index in [1.165, 1.54) is 37.7 Å². The van der Waals surface area contributed by atoms with Crippen LogP contribution in [0, 0.1) is 29.1 Å². The van der Waals surface area contributed by atoms with Crippen molar-refractivity contribution in [3.8, 4) is 0 Å². The van der Waals surface area contributed by atoms with Crippen LogP contribution in [-0.2, 0) is 4.79 Å². The molecule has 3 saturated carbocycles. The van der Waals surface area contributed by atoms with E-state index in [4.69, 9.17) is 11.6 Å². The summed E-state index contributed by atoms with van der Waals surface area (Å²) < 4.78 is 0. The minimum Gasteiger partial charge on any atom is -0.293 e. The summed E-state index contributed by atoms with van der Waals surface area (Å²) in [6.45, 7) is 4.75. The van der Waals surface area contributed by atoms with Crippen LogP contribution in [0.25, 0.3) is 0 Å². The van der Waals surface area contributed by atoms with Crippen molar-refractivity contribution in [2.45, 2.75) is 65.2 Å². The molecule has 4 rings (SSSR count). The van der Waals surface area contributed by atoms with Crippen LogP contribution in [0.1, 0.15) is 65.2 Å². The lowest BCUT2D eigenvalue weighted by atomic mass is 9.52. The maximum absolute atomic E-state index is 11.9. The molecule has 0 spiro atoms. The van der Waals surface area contributed by atoms with E-state index in [1.807, 2.05) is 0 Å². The van der Waals surface area contributed by atoms with Gasteiger partial charge in [0.25, 0.3) is 0 Å². The zero-order chi connectivity index (χ0) is 15.5. The number of fused-ring (bicyclic) bond motifs is 5. The molecule has 0 N–H and O–H groups in total. The molecule has 0 radical (unpaired) electrons. The summed E-state index contributed by atoms with van der Waals surface area (Å²) in [4.78, 5) is 11.9. The minimum atomic E-state index is 0.198. The Bertz CT molecular complexity index is 572. The summed E-state index contributed by atoms with van der Waals surface area (Å²) in [6, 6.07) is 0. The molecule has 2 heteroatoms. The zero-order valence-corrected chi connectivity index (χ0v) is 14.6. The second-order valence-electron chi connectivity index (χ2n) is 8.19. The highest BCUT2D eigenvalue weighted by atomic mass is 35.5. The fraction of sp³-hybridized carbons (Fsp3) is 0.750. The van der Waals surface area contributed by atoms with Gasteiger partial charge in [-0.15, -0.1) is 0 Å². The van der Waals surface area contributed by atoms with Crippen molar-refractivity contribution in [2.24, 2.45) is 29.1 Å². The Balaban J connectivity index is 1.66. The first-order valence-corrected chi connectivity index (χ1v) is 9.51. The first-order chi connectivity index (χ1) is 10.6. The SMILES string of the molecule is C/C=C1\CC[C@H]2[C@@H]3CCC4=C(Cl)C(=O)CC[C@@H]4[C@H]3CC[C@]12C. The van der Waals surface area contributed by atoms with Gasteiger partial charge in [0, 0.05) is 6.42 Å². The van der Waals surface area contributed by atoms with E-state index in [1.54, 1.807) is 5.57 Å². The van der Waals surface area contributed by atoms with Crippen LogP contribution in [0.3, 0.4) is 0 Å². The molecule has 0 aromatic heterocycles. The third-order valence-corrected chi connectivity index (χ3v) is 8.06. The summed E-state index contributed by atoms with van der Waals surface area (Å²) >= 11 is 6.38. The predicted molar refractivity (Wildman–Crippen MR) is 90.6 cm³/mol. The topological polar surface area (TPSA) is 17.1 Å². The first kappa shape index (κ1) is 15.0. The second kappa shape index (κ2) is 5.23. The Labute approximate surface area is 139 Å². The molecule has 0 bridgehead atoms. The van der Waals surface area contributed by atoms with Crippen molar-refractivity contribution in [3.63, 3.8) is 0 Å². The van der Waals surface area contributed by atoms with Crippen LogP contribution in [0.15, 0.2) is 22.3 Å². The van der Waals surface area contributed by atoms with Gasteiger partial charge in [0.1, 0.15) is 0 Å². The van der Waals surface area contributed by atoms with Gasteiger partial charge < -0.3 is 0 Å². The molecule has 4 aliphatic rings. The monoisotopic (exact) mass is 318 g/mol. The lowest BCUT2D eigenvalue weighted by Crippen LogP contribution is -2.45. The van der Waals surface area contributed by atoms with Crippen molar-refractivity contribution >= 4 is 17.4 Å². The van der Waals surface area contributed by atoms with E-state index in [0.717, 1.165) is 30.6 Å². The van der Waals surface area contributed by atoms with E-state index in [2.05, 4.69) is 19.9 Å².